The number of nitrogens with one attached hydrogen (secondary N) is 1. The van der Waals surface area contributed by atoms with Crippen molar-refractivity contribution < 1.29 is 41.0 Å². The van der Waals surface area contributed by atoms with Crippen molar-refractivity contribution in [1.82, 2.24) is 14.8 Å². The lowest BCUT2D eigenvalue weighted by molar-refractivity contribution is -0.139. The van der Waals surface area contributed by atoms with Crippen molar-refractivity contribution >= 4 is 11.9 Å². The lowest BCUT2D eigenvalue weighted by Crippen LogP contribution is -2.41. The number of amides is 1. The van der Waals surface area contributed by atoms with Crippen LogP contribution in [-0.4, -0.2) is 46.1 Å². The number of terminal acetylenes is 1. The summed E-state index contributed by atoms with van der Waals surface area (Å²) in [6.07, 6.45) is 1.41. The largest absolute Gasteiger partial charge is 0.481 e. The molecule has 0 bridgehead atoms. The number of carboxylic acid groups (broad SMARTS) is 1. The van der Waals surface area contributed by atoms with Crippen molar-refractivity contribution in [3.05, 3.63) is 91.6 Å². The minimum Gasteiger partial charge on any atom is -0.481 e. The summed E-state index contributed by atoms with van der Waals surface area (Å²) in [6.45, 7) is 8.13. The van der Waals surface area contributed by atoms with Gasteiger partial charge in [0.25, 0.3) is 5.56 Å². The minimum absolute atomic E-state index is 0.0624. The summed E-state index contributed by atoms with van der Waals surface area (Å²) >= 11 is 0. The Morgan fingerprint density at radius 3 is 2.18 bits per heavy atom. The number of carbonyl (C=O) groups excluding carboxylic acids is 1. The molecule has 4 rings (SSSR count). The van der Waals surface area contributed by atoms with Crippen LogP contribution in [0.1, 0.15) is 78.6 Å². The van der Waals surface area contributed by atoms with Crippen molar-refractivity contribution in [3.63, 3.8) is 0 Å². The van der Waals surface area contributed by atoms with Crippen LogP contribution in [0.5, 0.6) is 0 Å². The third-order valence-electron chi connectivity index (χ3n) is 8.65. The molecule has 0 aliphatic carbocycles. The van der Waals surface area contributed by atoms with Gasteiger partial charge in [0.2, 0.25) is 5.91 Å². The molecule has 2 atom stereocenters. The number of aliphatic carboxylic acids is 1. The van der Waals surface area contributed by atoms with Crippen molar-refractivity contribution in [2.24, 2.45) is 5.92 Å². The van der Waals surface area contributed by atoms with E-state index in [0.29, 0.717) is 12.6 Å². The van der Waals surface area contributed by atoms with Gasteiger partial charge in [-0.3, -0.25) is 14.4 Å². The number of alkyl halides is 3. The number of pyridine rings is 1. The SMILES string of the molecule is C#Cc1cc(-c2c(C)cc(F)cc2C)c(F)c(C(CC(=O)O)NC(=O)C(CC(C)C)n2cc(CCN3CCC3)c(C(F)(F)F)cc2=O)c1F. The van der Waals surface area contributed by atoms with Crippen LogP contribution < -0.4 is 10.9 Å². The molecular weight excluding hydrogens is 652 g/mol. The molecule has 1 aliphatic heterocycles. The summed E-state index contributed by atoms with van der Waals surface area (Å²) in [5.41, 5.74) is -3.32. The van der Waals surface area contributed by atoms with Gasteiger partial charge in [0.1, 0.15) is 23.5 Å². The number of benzene rings is 2. The first kappa shape index (κ1) is 37.3. The Morgan fingerprint density at radius 1 is 1.04 bits per heavy atom. The van der Waals surface area contributed by atoms with Crippen LogP contribution in [0.2, 0.25) is 0 Å². The number of hydrogen-bond donors (Lipinski definition) is 2. The Morgan fingerprint density at radius 2 is 1.67 bits per heavy atom. The fourth-order valence-corrected chi connectivity index (χ4v) is 6.23. The van der Waals surface area contributed by atoms with Gasteiger partial charge in [-0.2, -0.15) is 13.2 Å². The number of hydrogen-bond acceptors (Lipinski definition) is 4. The number of nitrogens with zero attached hydrogens (tertiary/aromatic N) is 2. The number of halogens is 6. The summed E-state index contributed by atoms with van der Waals surface area (Å²) in [6, 6.07) is 0.378. The fraction of sp³-hybridized carbons (Fsp3) is 0.417. The summed E-state index contributed by atoms with van der Waals surface area (Å²) in [5, 5.41) is 12.1. The zero-order valence-electron chi connectivity index (χ0n) is 27.5. The molecule has 2 heterocycles. The van der Waals surface area contributed by atoms with Crippen LogP contribution >= 0.6 is 0 Å². The first-order valence-electron chi connectivity index (χ1n) is 15.7. The van der Waals surface area contributed by atoms with Crippen LogP contribution in [0.4, 0.5) is 26.3 Å². The van der Waals surface area contributed by atoms with E-state index in [0.717, 1.165) is 48.5 Å². The van der Waals surface area contributed by atoms with E-state index in [9.17, 15) is 37.1 Å². The molecule has 2 unspecified atom stereocenters. The molecule has 13 heteroatoms. The molecule has 1 fully saturated rings. The van der Waals surface area contributed by atoms with Gasteiger partial charge in [-0.15, -0.1) is 6.42 Å². The molecule has 1 aromatic heterocycles. The Labute approximate surface area is 279 Å². The van der Waals surface area contributed by atoms with E-state index < -0.39 is 76.3 Å². The van der Waals surface area contributed by atoms with Gasteiger partial charge in [-0.25, -0.2) is 13.2 Å². The van der Waals surface area contributed by atoms with Crippen LogP contribution in [0.25, 0.3) is 11.1 Å². The third-order valence-corrected chi connectivity index (χ3v) is 8.65. The molecule has 3 aromatic rings. The van der Waals surface area contributed by atoms with Crippen LogP contribution in [0.15, 0.2) is 35.3 Å². The molecule has 0 saturated carbocycles. The Balaban J connectivity index is 1.84. The molecular formula is C36H37F6N3O4. The summed E-state index contributed by atoms with van der Waals surface area (Å²) in [4.78, 5) is 41.1. The maximum absolute atomic E-state index is 16.4. The molecule has 0 spiro atoms. The highest BCUT2D eigenvalue weighted by molar-refractivity contribution is 5.82. The van der Waals surface area contributed by atoms with E-state index in [1.54, 1.807) is 13.8 Å². The van der Waals surface area contributed by atoms with Crippen LogP contribution in [-0.2, 0) is 22.2 Å². The van der Waals surface area contributed by atoms with Gasteiger partial charge in [-0.1, -0.05) is 19.8 Å². The first-order chi connectivity index (χ1) is 22.9. The standard InChI is InChI=1S/C36H37F6N3O4/c1-6-22-15-25(31-20(4)13-24(37)14-21(31)5)34(39)32(33(22)38)27(17-30(47)48)43-35(49)28(12-19(2)3)45-18-23(8-11-44-9-7-10-44)26(16-29(45)46)36(40,41)42/h1,13-16,18-19,27-28H,7-12,17H2,2-5H3,(H,43,49)(H,47,48). The molecule has 262 valence electrons. The second-order valence-corrected chi connectivity index (χ2v) is 12.8. The molecule has 2 aromatic carbocycles. The highest BCUT2D eigenvalue weighted by Gasteiger charge is 2.37. The number of likely N-dealkylation sites (tertiary alicyclic amines) is 1. The van der Waals surface area contributed by atoms with Crippen molar-refractivity contribution in [2.75, 3.05) is 19.6 Å². The number of aryl methyl sites for hydroxylation is 2. The normalized spacial score (nSPS) is 14.7. The average Bonchev–Trinajstić information content (AvgIpc) is 2.95. The Bertz CT molecular complexity index is 1830. The Kier molecular flexibility index (Phi) is 11.3. The zero-order valence-corrected chi connectivity index (χ0v) is 27.5. The summed E-state index contributed by atoms with van der Waals surface area (Å²) < 4.78 is 89.2. The molecule has 1 amide bonds. The maximum atomic E-state index is 16.4. The first-order valence-corrected chi connectivity index (χ1v) is 15.7. The van der Waals surface area contributed by atoms with Crippen LogP contribution in [0.3, 0.4) is 0 Å². The van der Waals surface area contributed by atoms with Gasteiger partial charge in [0.05, 0.1) is 23.6 Å². The molecule has 1 aliphatic rings. The smallest absolute Gasteiger partial charge is 0.416 e. The van der Waals surface area contributed by atoms with Crippen molar-refractivity contribution in [1.29, 1.82) is 0 Å². The summed E-state index contributed by atoms with van der Waals surface area (Å²) in [7, 11) is 0. The second kappa shape index (κ2) is 14.9. The van der Waals surface area contributed by atoms with Crippen LogP contribution in [0, 0.1) is 49.6 Å². The van der Waals surface area contributed by atoms with Gasteiger partial charge in [-0.05, 0) is 92.6 Å². The second-order valence-electron chi connectivity index (χ2n) is 12.8. The van der Waals surface area contributed by atoms with Gasteiger partial charge >= 0.3 is 12.1 Å². The molecule has 7 nitrogen and oxygen atoms in total. The predicted molar refractivity (Wildman–Crippen MR) is 171 cm³/mol. The number of carboxylic acids is 1. The highest BCUT2D eigenvalue weighted by Crippen LogP contribution is 2.38. The third kappa shape index (κ3) is 8.36. The lowest BCUT2D eigenvalue weighted by atomic mass is 9.89. The topological polar surface area (TPSA) is 91.6 Å². The minimum atomic E-state index is -4.85. The Hall–Kier alpha value is -4.57. The van der Waals surface area contributed by atoms with Gasteiger partial charge in [0.15, 0.2) is 0 Å². The lowest BCUT2D eigenvalue weighted by Gasteiger charge is -2.31. The summed E-state index contributed by atoms with van der Waals surface area (Å²) in [5.74, 6) is -3.96. The highest BCUT2D eigenvalue weighted by atomic mass is 19.4. The number of rotatable bonds is 12. The van der Waals surface area contributed by atoms with E-state index in [4.69, 9.17) is 6.42 Å². The predicted octanol–water partition coefficient (Wildman–Crippen LogP) is 6.72. The van der Waals surface area contributed by atoms with Gasteiger partial charge in [0, 0.05) is 29.9 Å². The average molecular weight is 690 g/mol. The molecule has 49 heavy (non-hydrogen) atoms. The van der Waals surface area contributed by atoms with Crippen molar-refractivity contribution in [2.45, 2.75) is 71.6 Å². The van der Waals surface area contributed by atoms with E-state index >= 15 is 8.78 Å². The van der Waals surface area contributed by atoms with E-state index in [-0.39, 0.29) is 46.6 Å². The quantitative estimate of drug-likeness (QED) is 0.163. The van der Waals surface area contributed by atoms with Crippen molar-refractivity contribution in [3.8, 4) is 23.5 Å². The number of aromatic nitrogens is 1. The monoisotopic (exact) mass is 689 g/mol. The number of carbonyl (C=O) groups is 2. The molecule has 0 radical (unpaired) electrons. The van der Waals surface area contributed by atoms with E-state index in [2.05, 4.69) is 11.2 Å². The van der Waals surface area contributed by atoms with Gasteiger partial charge < -0.3 is 19.9 Å². The molecule has 1 saturated heterocycles. The fourth-order valence-electron chi connectivity index (χ4n) is 6.23. The maximum Gasteiger partial charge on any atom is 0.416 e. The zero-order chi connectivity index (χ0) is 36.4. The van der Waals surface area contributed by atoms with E-state index in [1.807, 2.05) is 4.90 Å². The van der Waals surface area contributed by atoms with E-state index in [1.165, 1.54) is 13.8 Å². The molecule has 2 N–H and O–H groups in total.